The smallest absolute Gasteiger partial charge is 0.302 e. The second-order valence-electron chi connectivity index (χ2n) is 10.6. The van der Waals surface area contributed by atoms with E-state index in [1.807, 2.05) is 0 Å². The van der Waals surface area contributed by atoms with Gasteiger partial charge in [-0.05, 0) is 79.1 Å². The summed E-state index contributed by atoms with van der Waals surface area (Å²) in [7, 11) is 0. The molecule has 4 nitrogen and oxygen atoms in total. The van der Waals surface area contributed by atoms with Crippen LogP contribution in [-0.4, -0.2) is 25.2 Å². The van der Waals surface area contributed by atoms with Crippen LogP contribution in [0.25, 0.3) is 0 Å². The van der Waals surface area contributed by atoms with Gasteiger partial charge in [-0.2, -0.15) is 0 Å². The Bertz CT molecular complexity index is 697. The van der Waals surface area contributed by atoms with Crippen LogP contribution in [0.4, 0.5) is 0 Å². The van der Waals surface area contributed by atoms with Crippen LogP contribution < -0.4 is 0 Å². The van der Waals surface area contributed by atoms with Crippen LogP contribution in [-0.2, 0) is 19.1 Å². The fourth-order valence-electron chi connectivity index (χ4n) is 7.96. The van der Waals surface area contributed by atoms with Gasteiger partial charge in [0.15, 0.2) is 0 Å². The van der Waals surface area contributed by atoms with Crippen molar-refractivity contribution in [2.45, 2.75) is 79.1 Å². The molecule has 6 atom stereocenters. The van der Waals surface area contributed by atoms with E-state index < -0.39 is 0 Å². The molecule has 0 aromatic rings. The molecular weight excluding hydrogens is 352 g/mol. The van der Waals surface area contributed by atoms with Gasteiger partial charge in [0, 0.05) is 19.3 Å². The maximum atomic E-state index is 11.5. The van der Waals surface area contributed by atoms with Crippen molar-refractivity contribution in [2.24, 2.45) is 34.0 Å². The molecule has 156 valence electrons. The van der Waals surface area contributed by atoms with Crippen LogP contribution in [0.2, 0.25) is 0 Å². The first kappa shape index (κ1) is 20.0. The predicted molar refractivity (Wildman–Crippen MR) is 107 cm³/mol. The van der Waals surface area contributed by atoms with Crippen molar-refractivity contribution in [3.63, 3.8) is 0 Å². The SMILES string of the molecule is CC(=O)OCC1=CC2CCC3C(C)(COC(C)=O)CCCC3(C)C23CCC1C3. The molecule has 0 N–H and O–H groups in total. The monoisotopic (exact) mass is 388 g/mol. The quantitative estimate of drug-likeness (QED) is 0.499. The van der Waals surface area contributed by atoms with Gasteiger partial charge in [0.1, 0.15) is 6.61 Å². The maximum absolute atomic E-state index is 11.5. The summed E-state index contributed by atoms with van der Waals surface area (Å²) in [6.07, 6.45) is 12.4. The first-order valence-electron chi connectivity index (χ1n) is 11.2. The third-order valence-electron chi connectivity index (χ3n) is 9.20. The molecule has 1 spiro atoms. The zero-order valence-corrected chi connectivity index (χ0v) is 18.0. The predicted octanol–water partition coefficient (Wildman–Crippen LogP) is 5.06. The van der Waals surface area contributed by atoms with Crippen molar-refractivity contribution in [2.75, 3.05) is 13.2 Å². The number of ether oxygens (including phenoxy) is 2. The van der Waals surface area contributed by atoms with E-state index in [2.05, 4.69) is 19.9 Å². The normalized spacial score (nSPS) is 44.1. The highest BCUT2D eigenvalue weighted by atomic mass is 16.5. The molecule has 0 aliphatic heterocycles. The first-order chi connectivity index (χ1) is 13.2. The first-order valence-corrected chi connectivity index (χ1v) is 11.2. The van der Waals surface area contributed by atoms with Crippen LogP contribution >= 0.6 is 0 Å². The number of esters is 2. The summed E-state index contributed by atoms with van der Waals surface area (Å²) in [5.74, 6) is 1.46. The maximum Gasteiger partial charge on any atom is 0.302 e. The molecule has 0 aromatic heterocycles. The number of carbonyl (C=O) groups is 2. The average Bonchev–Trinajstić information content (AvgIpc) is 3.01. The molecule has 6 unspecified atom stereocenters. The molecule has 0 amide bonds. The van der Waals surface area contributed by atoms with Gasteiger partial charge in [-0.1, -0.05) is 26.3 Å². The number of hydrogen-bond acceptors (Lipinski definition) is 4. The highest BCUT2D eigenvalue weighted by molar-refractivity contribution is 5.66. The largest absolute Gasteiger partial charge is 0.465 e. The number of rotatable bonds is 4. The highest BCUT2D eigenvalue weighted by Gasteiger charge is 2.66. The molecule has 4 heteroatoms. The Morgan fingerprint density at radius 3 is 2.50 bits per heavy atom. The Morgan fingerprint density at radius 2 is 1.79 bits per heavy atom. The molecular formula is C24H36O4. The van der Waals surface area contributed by atoms with E-state index in [9.17, 15) is 9.59 Å². The summed E-state index contributed by atoms with van der Waals surface area (Å²) in [5, 5.41) is 0. The minimum absolute atomic E-state index is 0.0954. The van der Waals surface area contributed by atoms with Gasteiger partial charge in [-0.15, -0.1) is 0 Å². The van der Waals surface area contributed by atoms with Gasteiger partial charge in [-0.25, -0.2) is 0 Å². The van der Waals surface area contributed by atoms with Gasteiger partial charge < -0.3 is 9.47 Å². The van der Waals surface area contributed by atoms with E-state index in [0.29, 0.717) is 41.8 Å². The molecule has 28 heavy (non-hydrogen) atoms. The topological polar surface area (TPSA) is 52.6 Å². The van der Waals surface area contributed by atoms with Crippen LogP contribution in [0.5, 0.6) is 0 Å². The van der Waals surface area contributed by atoms with E-state index in [0.717, 1.165) is 6.42 Å². The molecule has 4 rings (SSSR count). The fraction of sp³-hybridized carbons (Fsp3) is 0.833. The standard InChI is InChI=1S/C24H36O4/c1-16(25)27-14-19-12-20-6-7-21-22(3,15-28-17(2)26)9-5-10-23(21,4)24(20)11-8-18(19)13-24/h12,18,20-21H,5-11,13-15H2,1-4H3. The molecule has 0 radical (unpaired) electrons. The summed E-state index contributed by atoms with van der Waals surface area (Å²) >= 11 is 0. The minimum atomic E-state index is -0.181. The number of hydrogen-bond donors (Lipinski definition) is 0. The van der Waals surface area contributed by atoms with Crippen molar-refractivity contribution in [1.82, 2.24) is 0 Å². The van der Waals surface area contributed by atoms with E-state index in [1.165, 1.54) is 64.4 Å². The van der Waals surface area contributed by atoms with Crippen molar-refractivity contribution in [3.05, 3.63) is 11.6 Å². The minimum Gasteiger partial charge on any atom is -0.465 e. The molecule has 0 saturated heterocycles. The van der Waals surface area contributed by atoms with Gasteiger partial charge in [0.25, 0.3) is 0 Å². The summed E-state index contributed by atoms with van der Waals surface area (Å²) in [5.41, 5.74) is 2.14. The van der Waals surface area contributed by atoms with E-state index >= 15 is 0 Å². The lowest BCUT2D eigenvalue weighted by Gasteiger charge is -2.65. The van der Waals surface area contributed by atoms with Crippen molar-refractivity contribution in [3.8, 4) is 0 Å². The Morgan fingerprint density at radius 1 is 1.04 bits per heavy atom. The zero-order valence-electron chi connectivity index (χ0n) is 18.0. The van der Waals surface area contributed by atoms with Gasteiger partial charge in [0.05, 0.1) is 6.61 Å². The van der Waals surface area contributed by atoms with Crippen molar-refractivity contribution < 1.29 is 19.1 Å². The second-order valence-corrected chi connectivity index (χ2v) is 10.6. The second kappa shape index (κ2) is 6.88. The Kier molecular flexibility index (Phi) is 4.91. The number of allylic oxidation sites excluding steroid dienone is 1. The lowest BCUT2D eigenvalue weighted by Crippen LogP contribution is -2.59. The highest BCUT2D eigenvalue weighted by Crippen LogP contribution is 2.73. The average molecular weight is 389 g/mol. The molecule has 3 saturated carbocycles. The lowest BCUT2D eigenvalue weighted by atomic mass is 9.39. The summed E-state index contributed by atoms with van der Waals surface area (Å²) in [6, 6.07) is 0. The van der Waals surface area contributed by atoms with Crippen molar-refractivity contribution in [1.29, 1.82) is 0 Å². The molecule has 4 aliphatic carbocycles. The van der Waals surface area contributed by atoms with Crippen molar-refractivity contribution >= 4 is 11.9 Å². The third-order valence-corrected chi connectivity index (χ3v) is 9.20. The van der Waals surface area contributed by atoms with Crippen LogP contribution in [0.3, 0.4) is 0 Å². The van der Waals surface area contributed by atoms with E-state index in [1.54, 1.807) is 0 Å². The van der Waals surface area contributed by atoms with Gasteiger partial charge >= 0.3 is 11.9 Å². The Labute approximate surface area is 169 Å². The fourth-order valence-corrected chi connectivity index (χ4v) is 7.96. The van der Waals surface area contributed by atoms with E-state index in [4.69, 9.17) is 9.47 Å². The van der Waals surface area contributed by atoms with Gasteiger partial charge in [0.2, 0.25) is 0 Å². The molecule has 4 aliphatic rings. The molecule has 0 heterocycles. The number of carbonyl (C=O) groups excluding carboxylic acids is 2. The summed E-state index contributed by atoms with van der Waals surface area (Å²) in [6.45, 7) is 9.01. The van der Waals surface area contributed by atoms with Crippen LogP contribution in [0.15, 0.2) is 11.6 Å². The zero-order chi connectivity index (χ0) is 20.2. The Balaban J connectivity index is 1.63. The third kappa shape index (κ3) is 2.93. The number of fused-ring (bicyclic) bond motifs is 2. The van der Waals surface area contributed by atoms with E-state index in [-0.39, 0.29) is 17.4 Å². The lowest BCUT2D eigenvalue weighted by molar-refractivity contribution is -0.177. The summed E-state index contributed by atoms with van der Waals surface area (Å²) < 4.78 is 10.9. The Hall–Kier alpha value is -1.32. The molecule has 2 bridgehead atoms. The van der Waals surface area contributed by atoms with Crippen LogP contribution in [0.1, 0.15) is 79.1 Å². The van der Waals surface area contributed by atoms with Gasteiger partial charge in [-0.3, -0.25) is 9.59 Å². The van der Waals surface area contributed by atoms with Crippen LogP contribution in [0, 0.1) is 34.0 Å². The molecule has 0 aromatic carbocycles. The summed E-state index contributed by atoms with van der Waals surface area (Å²) in [4.78, 5) is 22.8. The molecule has 3 fully saturated rings.